The number of aliphatic hydroxyl groups excluding tert-OH is 1. The van der Waals surface area contributed by atoms with Crippen LogP contribution < -0.4 is 4.74 Å². The van der Waals surface area contributed by atoms with E-state index in [2.05, 4.69) is 18.0 Å². The van der Waals surface area contributed by atoms with Gasteiger partial charge in [0.2, 0.25) is 0 Å². The number of carbonyl (C=O) groups is 1. The summed E-state index contributed by atoms with van der Waals surface area (Å²) in [5, 5.41) is 10.4. The first kappa shape index (κ1) is 31.5. The maximum Gasteiger partial charge on any atom is 0.269 e. The van der Waals surface area contributed by atoms with Crippen molar-refractivity contribution < 1.29 is 23.1 Å². The lowest BCUT2D eigenvalue weighted by Crippen LogP contribution is -2.32. The number of carbonyl (C=O) groups excluding carboxylic acids is 1. The fraction of sp³-hybridized carbons (Fsp3) is 0.278. The highest BCUT2D eigenvalue weighted by Crippen LogP contribution is 2.38. The van der Waals surface area contributed by atoms with Crippen molar-refractivity contribution in [1.82, 2.24) is 18.8 Å². The molecule has 6 rings (SSSR count). The van der Waals surface area contributed by atoms with E-state index in [0.717, 1.165) is 47.5 Å². The van der Waals surface area contributed by atoms with E-state index < -0.39 is 16.1 Å². The van der Waals surface area contributed by atoms with Crippen LogP contribution in [0.1, 0.15) is 34.0 Å². The zero-order chi connectivity index (χ0) is 32.7. The normalized spacial score (nSPS) is 14.2. The van der Waals surface area contributed by atoms with Crippen molar-refractivity contribution in [1.29, 1.82) is 0 Å². The largest absolute Gasteiger partial charge is 0.496 e. The van der Waals surface area contributed by atoms with E-state index >= 15 is 0 Å². The molecular formula is C36H38N4O5S. The molecule has 238 valence electrons. The number of aryl methyl sites for hydroxylation is 1. The molecule has 9 nitrogen and oxygen atoms in total. The summed E-state index contributed by atoms with van der Waals surface area (Å²) >= 11 is 0. The van der Waals surface area contributed by atoms with Crippen LogP contribution in [0.15, 0.2) is 84.0 Å². The lowest BCUT2D eigenvalue weighted by atomic mass is 9.93. The molecule has 46 heavy (non-hydrogen) atoms. The topological polar surface area (TPSA) is 105 Å². The van der Waals surface area contributed by atoms with Crippen LogP contribution in [0.25, 0.3) is 33.3 Å². The van der Waals surface area contributed by atoms with Crippen LogP contribution in [0.5, 0.6) is 5.75 Å². The van der Waals surface area contributed by atoms with E-state index in [1.54, 1.807) is 69.9 Å². The number of fused-ring (bicyclic) bond motifs is 2. The van der Waals surface area contributed by atoms with Crippen molar-refractivity contribution in [3.8, 4) is 28.0 Å². The molecule has 3 heterocycles. The van der Waals surface area contributed by atoms with Gasteiger partial charge in [-0.15, -0.1) is 0 Å². The molecule has 0 saturated carbocycles. The van der Waals surface area contributed by atoms with Crippen molar-refractivity contribution in [2.75, 3.05) is 34.3 Å². The summed E-state index contributed by atoms with van der Waals surface area (Å²) in [6.07, 6.45) is 3.58. The quantitative estimate of drug-likeness (QED) is 0.244. The molecule has 0 radical (unpaired) electrons. The van der Waals surface area contributed by atoms with Crippen LogP contribution in [0.3, 0.4) is 0 Å². The Morgan fingerprint density at radius 1 is 1.04 bits per heavy atom. The first-order valence-corrected chi connectivity index (χ1v) is 16.7. The Morgan fingerprint density at radius 3 is 2.43 bits per heavy atom. The number of benzene rings is 3. The predicted octanol–water partition coefficient (Wildman–Crippen LogP) is 5.37. The Hall–Kier alpha value is -4.51. The van der Waals surface area contributed by atoms with Crippen LogP contribution in [0.4, 0.5) is 0 Å². The van der Waals surface area contributed by atoms with Gasteiger partial charge in [-0.3, -0.25) is 4.79 Å². The van der Waals surface area contributed by atoms with Gasteiger partial charge in [0.25, 0.3) is 15.9 Å². The average Bonchev–Trinajstić information content (AvgIpc) is 3.43. The second-order valence-corrected chi connectivity index (χ2v) is 14.0. The Morgan fingerprint density at radius 2 is 1.76 bits per heavy atom. The zero-order valence-corrected chi connectivity index (χ0v) is 27.5. The van der Waals surface area contributed by atoms with Crippen LogP contribution in [0, 0.1) is 6.92 Å². The van der Waals surface area contributed by atoms with E-state index in [-0.39, 0.29) is 17.3 Å². The Balaban J connectivity index is 1.50. The second-order valence-electron chi connectivity index (χ2n) is 12.2. The van der Waals surface area contributed by atoms with Gasteiger partial charge in [-0.25, -0.2) is 17.4 Å². The molecule has 3 aromatic carbocycles. The molecule has 10 heteroatoms. The van der Waals surface area contributed by atoms with E-state index in [9.17, 15) is 18.3 Å². The Kier molecular flexibility index (Phi) is 8.45. The van der Waals surface area contributed by atoms with Gasteiger partial charge in [0, 0.05) is 61.2 Å². The van der Waals surface area contributed by atoms with E-state index in [1.165, 1.54) is 20.0 Å². The summed E-state index contributed by atoms with van der Waals surface area (Å²) in [6, 6.07) is 20.0. The number of ether oxygens (including phenoxy) is 1. The van der Waals surface area contributed by atoms with E-state index in [1.807, 2.05) is 31.2 Å². The number of methoxy groups -OCH3 is 1. The SMILES string of the molecule is COc1cc(-c2cnc3c(c2)c(-c2ccc(C(=O)N(C)C[C@@H](C)O)cc2)cn3S(=O)(=O)c2ccc(C)cc2)cc2c1CCN(C)C2. The minimum Gasteiger partial charge on any atom is -0.496 e. The van der Waals surface area contributed by atoms with Gasteiger partial charge in [0.05, 0.1) is 18.1 Å². The van der Waals surface area contributed by atoms with Crippen LogP contribution in [0.2, 0.25) is 0 Å². The fourth-order valence-electron chi connectivity index (χ4n) is 6.12. The molecule has 1 aliphatic heterocycles. The summed E-state index contributed by atoms with van der Waals surface area (Å²) in [6.45, 7) is 5.53. The number of likely N-dealkylation sites (N-methyl/N-ethyl adjacent to an activating group) is 2. The van der Waals surface area contributed by atoms with Gasteiger partial charge in [-0.05, 0) is 92.0 Å². The minimum absolute atomic E-state index is 0.165. The van der Waals surface area contributed by atoms with Crippen molar-refractivity contribution in [3.63, 3.8) is 0 Å². The molecule has 0 fully saturated rings. The van der Waals surface area contributed by atoms with Gasteiger partial charge < -0.3 is 19.6 Å². The van der Waals surface area contributed by atoms with E-state index in [4.69, 9.17) is 9.72 Å². The fourth-order valence-corrected chi connectivity index (χ4v) is 7.44. The summed E-state index contributed by atoms with van der Waals surface area (Å²) in [5.41, 5.74) is 7.31. The molecule has 5 aromatic rings. The highest BCUT2D eigenvalue weighted by Gasteiger charge is 2.25. The first-order chi connectivity index (χ1) is 22.0. The summed E-state index contributed by atoms with van der Waals surface area (Å²) in [5.74, 6) is 0.619. The minimum atomic E-state index is -3.98. The molecule has 0 saturated heterocycles. The standard InChI is InChI=1S/C36H38N4O5S/c1-23-6-12-30(13-7-23)46(43,44)40-22-33(25-8-10-26(11-9-25)36(42)39(4)20-24(2)41)32-17-28(19-37-35(32)40)27-16-29-21-38(3)15-14-31(29)34(18-27)45-5/h6-13,16-19,22,24,41H,14-15,20-21H2,1-5H3/t24-/m1/s1. The monoisotopic (exact) mass is 638 g/mol. The van der Waals surface area contributed by atoms with Crippen molar-refractivity contribution in [3.05, 3.63) is 101 Å². The average molecular weight is 639 g/mol. The Labute approximate surface area is 269 Å². The number of hydrogen-bond donors (Lipinski definition) is 1. The van der Waals surface area contributed by atoms with Crippen LogP contribution >= 0.6 is 0 Å². The number of aromatic nitrogens is 2. The highest BCUT2D eigenvalue weighted by molar-refractivity contribution is 7.90. The van der Waals surface area contributed by atoms with Crippen LogP contribution in [-0.2, 0) is 23.0 Å². The second kappa shape index (κ2) is 12.4. The zero-order valence-electron chi connectivity index (χ0n) is 26.7. The summed E-state index contributed by atoms with van der Waals surface area (Å²) in [4.78, 5) is 21.6. The van der Waals surface area contributed by atoms with E-state index in [0.29, 0.717) is 22.2 Å². The third kappa shape index (κ3) is 5.91. The lowest BCUT2D eigenvalue weighted by molar-refractivity contribution is 0.0703. The molecule has 1 amide bonds. The molecule has 2 aromatic heterocycles. The van der Waals surface area contributed by atoms with Gasteiger partial charge in [-0.2, -0.15) is 0 Å². The number of amides is 1. The highest BCUT2D eigenvalue weighted by atomic mass is 32.2. The summed E-state index contributed by atoms with van der Waals surface area (Å²) in [7, 11) is 1.45. The molecule has 0 unspecified atom stereocenters. The molecule has 1 N–H and O–H groups in total. The maximum atomic E-state index is 14.0. The molecule has 0 bridgehead atoms. The number of nitrogens with zero attached hydrogens (tertiary/aromatic N) is 4. The van der Waals surface area contributed by atoms with Crippen molar-refractivity contribution in [2.45, 2.75) is 37.8 Å². The lowest BCUT2D eigenvalue weighted by Gasteiger charge is -2.27. The molecular weight excluding hydrogens is 600 g/mol. The molecule has 1 aliphatic rings. The van der Waals surface area contributed by atoms with Crippen molar-refractivity contribution in [2.24, 2.45) is 0 Å². The van der Waals surface area contributed by atoms with Gasteiger partial charge in [0.15, 0.2) is 5.65 Å². The molecule has 0 spiro atoms. The third-order valence-corrected chi connectivity index (χ3v) is 10.2. The third-order valence-electron chi connectivity index (χ3n) is 8.56. The van der Waals surface area contributed by atoms with Crippen LogP contribution in [-0.4, -0.2) is 78.6 Å². The Bertz CT molecular complexity index is 2030. The first-order valence-electron chi connectivity index (χ1n) is 15.2. The summed E-state index contributed by atoms with van der Waals surface area (Å²) < 4.78 is 35.0. The molecule has 1 atom stereocenters. The van der Waals surface area contributed by atoms with Gasteiger partial charge in [0.1, 0.15) is 5.75 Å². The maximum absolute atomic E-state index is 14.0. The molecule has 0 aliphatic carbocycles. The smallest absolute Gasteiger partial charge is 0.269 e. The number of hydrogen-bond acceptors (Lipinski definition) is 7. The number of aliphatic hydroxyl groups is 1. The number of pyridine rings is 1. The van der Waals surface area contributed by atoms with Crippen molar-refractivity contribution >= 4 is 27.0 Å². The number of rotatable bonds is 8. The van der Waals surface area contributed by atoms with Gasteiger partial charge in [-0.1, -0.05) is 29.8 Å². The van der Waals surface area contributed by atoms with Gasteiger partial charge >= 0.3 is 0 Å². The predicted molar refractivity (Wildman–Crippen MR) is 180 cm³/mol.